The number of rotatable bonds is 5. The van der Waals surface area contributed by atoms with Crippen LogP contribution in [0.5, 0.6) is 11.5 Å². The summed E-state index contributed by atoms with van der Waals surface area (Å²) >= 11 is 0. The number of carbonyl (C=O) groups excluding carboxylic acids is 1. The SMILES string of the molecule is C=CC1(Oc2cc(C(=O)Oc3cccc4ccccc34)ccc2F)CCCC1. The number of ether oxygens (including phenoxy) is 2. The van der Waals surface area contributed by atoms with Crippen LogP contribution in [0.4, 0.5) is 4.39 Å². The maximum Gasteiger partial charge on any atom is 0.343 e. The van der Waals surface area contributed by atoms with Gasteiger partial charge in [0.1, 0.15) is 11.4 Å². The minimum Gasteiger partial charge on any atom is -0.480 e. The van der Waals surface area contributed by atoms with Crippen molar-refractivity contribution in [1.82, 2.24) is 0 Å². The van der Waals surface area contributed by atoms with E-state index in [2.05, 4.69) is 6.58 Å². The van der Waals surface area contributed by atoms with Crippen LogP contribution in [-0.4, -0.2) is 11.6 Å². The molecular weight excluding hydrogens is 355 g/mol. The second kappa shape index (κ2) is 7.47. The van der Waals surface area contributed by atoms with Crippen LogP contribution in [0.15, 0.2) is 73.3 Å². The largest absolute Gasteiger partial charge is 0.480 e. The second-order valence-electron chi connectivity index (χ2n) is 7.09. The van der Waals surface area contributed by atoms with Crippen molar-refractivity contribution in [3.8, 4) is 11.5 Å². The van der Waals surface area contributed by atoms with Gasteiger partial charge in [0, 0.05) is 5.39 Å². The summed E-state index contributed by atoms with van der Waals surface area (Å²) in [4.78, 5) is 12.7. The highest BCUT2D eigenvalue weighted by Gasteiger charge is 2.33. The molecule has 3 nitrogen and oxygen atoms in total. The fraction of sp³-hybridized carbons (Fsp3) is 0.208. The zero-order valence-electron chi connectivity index (χ0n) is 15.5. The van der Waals surface area contributed by atoms with Crippen LogP contribution in [0, 0.1) is 5.82 Å². The van der Waals surface area contributed by atoms with E-state index in [-0.39, 0.29) is 11.3 Å². The van der Waals surface area contributed by atoms with Gasteiger partial charge in [0.05, 0.1) is 5.56 Å². The normalized spacial score (nSPS) is 15.3. The Balaban J connectivity index is 1.60. The number of esters is 1. The first kappa shape index (κ1) is 18.2. The quantitative estimate of drug-likeness (QED) is 0.308. The third kappa shape index (κ3) is 3.50. The Morgan fingerprint density at radius 1 is 1.00 bits per heavy atom. The summed E-state index contributed by atoms with van der Waals surface area (Å²) in [5, 5.41) is 1.82. The van der Waals surface area contributed by atoms with Crippen molar-refractivity contribution < 1.29 is 18.7 Å². The summed E-state index contributed by atoms with van der Waals surface area (Å²) in [5.74, 6) is -0.544. The van der Waals surface area contributed by atoms with E-state index in [0.29, 0.717) is 5.75 Å². The lowest BCUT2D eigenvalue weighted by Crippen LogP contribution is -2.30. The molecule has 142 valence electrons. The van der Waals surface area contributed by atoms with E-state index in [9.17, 15) is 9.18 Å². The fourth-order valence-electron chi connectivity index (χ4n) is 3.69. The topological polar surface area (TPSA) is 35.5 Å². The molecule has 0 N–H and O–H groups in total. The summed E-state index contributed by atoms with van der Waals surface area (Å²) in [6, 6.07) is 17.2. The van der Waals surface area contributed by atoms with Gasteiger partial charge in [0.25, 0.3) is 0 Å². The summed E-state index contributed by atoms with van der Waals surface area (Å²) < 4.78 is 25.9. The molecule has 0 unspecified atom stereocenters. The zero-order valence-corrected chi connectivity index (χ0v) is 15.5. The molecule has 1 aliphatic rings. The number of fused-ring (bicyclic) bond motifs is 1. The Morgan fingerprint density at radius 2 is 1.75 bits per heavy atom. The maximum absolute atomic E-state index is 14.3. The van der Waals surface area contributed by atoms with Crippen LogP contribution in [0.2, 0.25) is 0 Å². The van der Waals surface area contributed by atoms with Crippen molar-refractivity contribution in [2.75, 3.05) is 0 Å². The molecule has 28 heavy (non-hydrogen) atoms. The van der Waals surface area contributed by atoms with E-state index in [1.807, 2.05) is 36.4 Å². The van der Waals surface area contributed by atoms with Crippen LogP contribution >= 0.6 is 0 Å². The van der Waals surface area contributed by atoms with Gasteiger partial charge in [0.2, 0.25) is 0 Å². The minimum atomic E-state index is -0.570. The highest BCUT2D eigenvalue weighted by molar-refractivity contribution is 5.95. The Morgan fingerprint density at radius 3 is 2.54 bits per heavy atom. The molecule has 3 aromatic rings. The summed E-state index contributed by atoms with van der Waals surface area (Å²) in [7, 11) is 0. The highest BCUT2D eigenvalue weighted by atomic mass is 19.1. The Labute approximate surface area is 163 Å². The molecule has 1 fully saturated rings. The van der Waals surface area contributed by atoms with Gasteiger partial charge >= 0.3 is 5.97 Å². The number of halogens is 1. The van der Waals surface area contributed by atoms with Gasteiger partial charge in [-0.2, -0.15) is 0 Å². The fourth-order valence-corrected chi connectivity index (χ4v) is 3.69. The second-order valence-corrected chi connectivity index (χ2v) is 7.09. The van der Waals surface area contributed by atoms with Crippen LogP contribution in [0.1, 0.15) is 36.0 Å². The molecule has 0 amide bonds. The first-order valence-corrected chi connectivity index (χ1v) is 9.42. The first-order valence-electron chi connectivity index (χ1n) is 9.42. The van der Waals surface area contributed by atoms with Crippen LogP contribution in [0.25, 0.3) is 10.8 Å². The van der Waals surface area contributed by atoms with Gasteiger partial charge in [-0.05, 0) is 61.4 Å². The lowest BCUT2D eigenvalue weighted by atomic mass is 10.0. The van der Waals surface area contributed by atoms with Gasteiger partial charge in [0.15, 0.2) is 11.6 Å². The van der Waals surface area contributed by atoms with E-state index in [1.165, 1.54) is 18.2 Å². The van der Waals surface area contributed by atoms with Gasteiger partial charge in [-0.3, -0.25) is 0 Å². The van der Waals surface area contributed by atoms with E-state index in [4.69, 9.17) is 9.47 Å². The minimum absolute atomic E-state index is 0.0502. The summed E-state index contributed by atoms with van der Waals surface area (Å²) in [6.07, 6.45) is 5.34. The molecule has 4 rings (SSSR count). The lowest BCUT2D eigenvalue weighted by molar-refractivity contribution is 0.0734. The average molecular weight is 376 g/mol. The van der Waals surface area contributed by atoms with Crippen LogP contribution in [-0.2, 0) is 0 Å². The third-order valence-corrected chi connectivity index (χ3v) is 5.25. The van der Waals surface area contributed by atoms with Crippen molar-refractivity contribution in [3.05, 3.63) is 84.7 Å². The third-order valence-electron chi connectivity index (χ3n) is 5.25. The van der Waals surface area contributed by atoms with Crippen molar-refractivity contribution in [2.24, 2.45) is 0 Å². The molecule has 0 bridgehead atoms. The van der Waals surface area contributed by atoms with Gasteiger partial charge in [-0.1, -0.05) is 43.0 Å². The van der Waals surface area contributed by atoms with Crippen molar-refractivity contribution in [1.29, 1.82) is 0 Å². The molecule has 1 saturated carbocycles. The molecule has 0 atom stereocenters. The molecule has 3 aromatic carbocycles. The van der Waals surface area contributed by atoms with Gasteiger partial charge < -0.3 is 9.47 Å². The standard InChI is InChI=1S/C24H21FO3/c1-2-24(14-5-6-15-24)28-22-16-18(12-13-20(22)25)23(26)27-21-11-7-9-17-8-3-4-10-19(17)21/h2-4,7-13,16H,1,5-6,14-15H2. The predicted molar refractivity (Wildman–Crippen MR) is 107 cm³/mol. The Kier molecular flexibility index (Phi) is 4.86. The molecule has 0 spiro atoms. The number of carbonyl (C=O) groups is 1. The van der Waals surface area contributed by atoms with Crippen molar-refractivity contribution in [3.63, 3.8) is 0 Å². The van der Waals surface area contributed by atoms with Gasteiger partial charge in [-0.15, -0.1) is 0 Å². The Hall–Kier alpha value is -3.14. The van der Waals surface area contributed by atoms with Crippen LogP contribution < -0.4 is 9.47 Å². The molecular formula is C24H21FO3. The molecule has 0 saturated heterocycles. The molecule has 0 radical (unpaired) electrons. The zero-order chi connectivity index (χ0) is 19.6. The number of hydrogen-bond acceptors (Lipinski definition) is 3. The predicted octanol–water partition coefficient (Wildman–Crippen LogP) is 6.08. The molecule has 0 heterocycles. The van der Waals surface area contributed by atoms with Crippen molar-refractivity contribution >= 4 is 16.7 Å². The van der Waals surface area contributed by atoms with E-state index in [1.54, 1.807) is 12.1 Å². The molecule has 1 aliphatic carbocycles. The van der Waals surface area contributed by atoms with Crippen molar-refractivity contribution in [2.45, 2.75) is 31.3 Å². The molecule has 0 aromatic heterocycles. The smallest absolute Gasteiger partial charge is 0.343 e. The molecule has 4 heteroatoms. The lowest BCUT2D eigenvalue weighted by Gasteiger charge is -2.27. The maximum atomic E-state index is 14.3. The number of benzene rings is 3. The van der Waals surface area contributed by atoms with E-state index < -0.39 is 17.4 Å². The Bertz CT molecular complexity index is 1030. The first-order chi connectivity index (χ1) is 13.6. The van der Waals surface area contributed by atoms with Gasteiger partial charge in [-0.25, -0.2) is 9.18 Å². The number of hydrogen-bond donors (Lipinski definition) is 0. The average Bonchev–Trinajstić information content (AvgIpc) is 3.19. The molecule has 0 aliphatic heterocycles. The van der Waals surface area contributed by atoms with Crippen LogP contribution in [0.3, 0.4) is 0 Å². The summed E-state index contributed by atoms with van der Waals surface area (Å²) in [5.41, 5.74) is -0.333. The summed E-state index contributed by atoms with van der Waals surface area (Å²) in [6.45, 7) is 3.84. The van der Waals surface area contributed by atoms with E-state index >= 15 is 0 Å². The van der Waals surface area contributed by atoms with E-state index in [0.717, 1.165) is 36.5 Å². The monoisotopic (exact) mass is 376 g/mol. The highest BCUT2D eigenvalue weighted by Crippen LogP contribution is 2.36.